The number of carbonyl (C=O) groups is 1. The Balaban J connectivity index is 4.77. The highest BCUT2D eigenvalue weighted by Gasteiger charge is 2.18. The van der Waals surface area contributed by atoms with E-state index in [9.17, 15) is 4.79 Å². The molecule has 1 amide bonds. The predicted octanol–water partition coefficient (Wildman–Crippen LogP) is 2.55. The highest BCUT2D eigenvalue weighted by atomic mass is 16.6. The van der Waals surface area contributed by atoms with Gasteiger partial charge in [0, 0.05) is 34.7 Å². The summed E-state index contributed by atoms with van der Waals surface area (Å²) in [7, 11) is 7.88. The molecule has 6 nitrogen and oxygen atoms in total. The zero-order valence-electron chi connectivity index (χ0n) is 15.6. The lowest BCUT2D eigenvalue weighted by molar-refractivity contribution is 0.0524. The second-order valence-corrected chi connectivity index (χ2v) is 6.90. The maximum Gasteiger partial charge on any atom is 0.407 e. The molecule has 0 saturated heterocycles. The zero-order chi connectivity index (χ0) is 17.3. The van der Waals surface area contributed by atoms with Crippen LogP contribution in [0.4, 0.5) is 4.79 Å². The van der Waals surface area contributed by atoms with Crippen molar-refractivity contribution in [2.24, 2.45) is 4.99 Å². The summed E-state index contributed by atoms with van der Waals surface area (Å²) >= 11 is 0. The van der Waals surface area contributed by atoms with Gasteiger partial charge in [-0.15, -0.1) is 0 Å². The number of guanidine groups is 1. The van der Waals surface area contributed by atoms with E-state index in [1.807, 2.05) is 58.8 Å². The van der Waals surface area contributed by atoms with Crippen LogP contribution in [0.1, 0.15) is 47.0 Å². The molecule has 0 aliphatic carbocycles. The van der Waals surface area contributed by atoms with Gasteiger partial charge in [-0.1, -0.05) is 19.8 Å². The number of rotatable bonds is 6. The second kappa shape index (κ2) is 9.54. The minimum Gasteiger partial charge on any atom is -0.444 e. The quantitative estimate of drug-likeness (QED) is 0.605. The van der Waals surface area contributed by atoms with Crippen molar-refractivity contribution in [3.05, 3.63) is 0 Å². The first-order chi connectivity index (χ1) is 10.1. The third-order valence-electron chi connectivity index (χ3n) is 2.87. The van der Waals surface area contributed by atoms with Gasteiger partial charge in [-0.3, -0.25) is 0 Å². The monoisotopic (exact) mass is 314 g/mol. The largest absolute Gasteiger partial charge is 0.444 e. The van der Waals surface area contributed by atoms with Crippen molar-refractivity contribution >= 4 is 12.1 Å². The molecule has 22 heavy (non-hydrogen) atoms. The maximum atomic E-state index is 11.8. The number of alkyl carbamates (subject to hydrolysis) is 1. The molecule has 0 aromatic rings. The SMILES string of the molecule is CCCCC(CNC(=O)OC(C)(C)C)N=C(N(C)C)N(C)C. The van der Waals surface area contributed by atoms with Crippen LogP contribution >= 0.6 is 0 Å². The van der Waals surface area contributed by atoms with Crippen LogP contribution in [0.2, 0.25) is 0 Å². The van der Waals surface area contributed by atoms with Crippen LogP contribution < -0.4 is 5.32 Å². The lowest BCUT2D eigenvalue weighted by Gasteiger charge is -2.25. The van der Waals surface area contributed by atoms with Crippen LogP contribution in [0, 0.1) is 0 Å². The number of nitrogens with one attached hydrogen (secondary N) is 1. The Morgan fingerprint density at radius 3 is 2.14 bits per heavy atom. The minimum absolute atomic E-state index is 0.0484. The standard InChI is InChI=1S/C16H34N4O2/c1-9-10-11-13(18-14(19(5)6)20(7)8)12-17-15(21)22-16(2,3)4/h13H,9-12H2,1-8H3,(H,17,21). The van der Waals surface area contributed by atoms with Gasteiger partial charge in [-0.2, -0.15) is 0 Å². The first-order valence-electron chi connectivity index (χ1n) is 7.96. The summed E-state index contributed by atoms with van der Waals surface area (Å²) in [6, 6.07) is 0.0484. The first-order valence-corrected chi connectivity index (χ1v) is 7.96. The van der Waals surface area contributed by atoms with Crippen molar-refractivity contribution in [1.82, 2.24) is 15.1 Å². The van der Waals surface area contributed by atoms with Crippen LogP contribution in [0.25, 0.3) is 0 Å². The maximum absolute atomic E-state index is 11.8. The van der Waals surface area contributed by atoms with E-state index in [0.29, 0.717) is 6.54 Å². The van der Waals surface area contributed by atoms with Crippen molar-refractivity contribution < 1.29 is 9.53 Å². The van der Waals surface area contributed by atoms with Gasteiger partial charge in [0.15, 0.2) is 5.96 Å². The predicted molar refractivity (Wildman–Crippen MR) is 92.4 cm³/mol. The van der Waals surface area contributed by atoms with E-state index in [1.54, 1.807) is 0 Å². The van der Waals surface area contributed by atoms with Gasteiger partial charge in [0.1, 0.15) is 5.60 Å². The molecule has 0 heterocycles. The van der Waals surface area contributed by atoms with Crippen molar-refractivity contribution in [2.75, 3.05) is 34.7 Å². The molecule has 0 aliphatic rings. The second-order valence-electron chi connectivity index (χ2n) is 6.90. The van der Waals surface area contributed by atoms with E-state index in [0.717, 1.165) is 25.2 Å². The molecular weight excluding hydrogens is 280 g/mol. The van der Waals surface area contributed by atoms with Crippen molar-refractivity contribution in [3.8, 4) is 0 Å². The molecule has 6 heteroatoms. The number of amides is 1. The van der Waals surface area contributed by atoms with Crippen LogP contribution in [0.15, 0.2) is 4.99 Å². The van der Waals surface area contributed by atoms with E-state index in [1.165, 1.54) is 0 Å². The summed E-state index contributed by atoms with van der Waals surface area (Å²) < 4.78 is 5.27. The molecule has 1 unspecified atom stereocenters. The third kappa shape index (κ3) is 9.47. The number of hydrogen-bond acceptors (Lipinski definition) is 3. The topological polar surface area (TPSA) is 57.2 Å². The molecule has 0 spiro atoms. The number of aliphatic imine (C=N–C) groups is 1. The van der Waals surface area contributed by atoms with Crippen molar-refractivity contribution in [3.63, 3.8) is 0 Å². The Labute approximate surface area is 135 Å². The van der Waals surface area contributed by atoms with Gasteiger partial charge in [0.2, 0.25) is 0 Å². The number of nitrogens with zero attached hydrogens (tertiary/aromatic N) is 3. The average Bonchev–Trinajstić information content (AvgIpc) is 2.34. The van der Waals surface area contributed by atoms with E-state index in [2.05, 4.69) is 12.2 Å². The highest BCUT2D eigenvalue weighted by molar-refractivity contribution is 5.79. The Hall–Kier alpha value is -1.46. The number of hydrogen-bond donors (Lipinski definition) is 1. The fraction of sp³-hybridized carbons (Fsp3) is 0.875. The van der Waals surface area contributed by atoms with Crippen LogP contribution in [0.5, 0.6) is 0 Å². The smallest absolute Gasteiger partial charge is 0.407 e. The molecule has 0 bridgehead atoms. The summed E-state index contributed by atoms with van der Waals surface area (Å²) in [4.78, 5) is 20.5. The fourth-order valence-electron chi connectivity index (χ4n) is 1.96. The molecule has 0 aromatic carbocycles. The first kappa shape index (κ1) is 20.5. The molecule has 0 aliphatic heterocycles. The van der Waals surface area contributed by atoms with E-state index < -0.39 is 5.60 Å². The molecule has 0 radical (unpaired) electrons. The van der Waals surface area contributed by atoms with Gasteiger partial charge in [-0.05, 0) is 27.2 Å². The summed E-state index contributed by atoms with van der Waals surface area (Å²) in [5, 5.41) is 2.83. The molecule has 0 fully saturated rings. The Morgan fingerprint density at radius 1 is 1.18 bits per heavy atom. The van der Waals surface area contributed by atoms with Crippen LogP contribution in [-0.2, 0) is 4.74 Å². The number of carbonyl (C=O) groups excluding carboxylic acids is 1. The summed E-state index contributed by atoms with van der Waals surface area (Å²) in [5.41, 5.74) is -0.481. The fourth-order valence-corrected chi connectivity index (χ4v) is 1.96. The minimum atomic E-state index is -0.481. The Kier molecular flexibility index (Phi) is 8.90. The van der Waals surface area contributed by atoms with Gasteiger partial charge < -0.3 is 19.9 Å². The summed E-state index contributed by atoms with van der Waals surface area (Å²) in [6.45, 7) is 8.21. The zero-order valence-corrected chi connectivity index (χ0v) is 15.6. The molecule has 1 atom stereocenters. The Morgan fingerprint density at radius 2 is 1.73 bits per heavy atom. The highest BCUT2D eigenvalue weighted by Crippen LogP contribution is 2.08. The molecule has 0 saturated carbocycles. The van der Waals surface area contributed by atoms with E-state index >= 15 is 0 Å². The lowest BCUT2D eigenvalue weighted by atomic mass is 10.1. The lowest BCUT2D eigenvalue weighted by Crippen LogP contribution is -2.40. The average molecular weight is 314 g/mol. The number of ether oxygens (including phenoxy) is 1. The molecule has 1 N–H and O–H groups in total. The molecule has 0 aromatic heterocycles. The summed E-state index contributed by atoms with van der Waals surface area (Å²) in [5.74, 6) is 0.895. The van der Waals surface area contributed by atoms with Crippen molar-refractivity contribution in [1.29, 1.82) is 0 Å². The normalized spacial score (nSPS) is 12.4. The van der Waals surface area contributed by atoms with Gasteiger partial charge in [-0.25, -0.2) is 9.79 Å². The van der Waals surface area contributed by atoms with E-state index in [-0.39, 0.29) is 12.1 Å². The van der Waals surface area contributed by atoms with Crippen LogP contribution in [-0.4, -0.2) is 68.2 Å². The number of unbranched alkanes of at least 4 members (excludes halogenated alkanes) is 1. The molecule has 130 valence electrons. The van der Waals surface area contributed by atoms with Gasteiger partial charge in [0.05, 0.1) is 6.04 Å². The third-order valence-corrected chi connectivity index (χ3v) is 2.87. The molecule has 0 rings (SSSR count). The van der Waals surface area contributed by atoms with E-state index in [4.69, 9.17) is 9.73 Å². The van der Waals surface area contributed by atoms with Gasteiger partial charge >= 0.3 is 6.09 Å². The van der Waals surface area contributed by atoms with Crippen molar-refractivity contribution in [2.45, 2.75) is 58.6 Å². The summed E-state index contributed by atoms with van der Waals surface area (Å²) in [6.07, 6.45) is 2.74. The Bertz CT molecular complexity index is 350. The van der Waals surface area contributed by atoms with Gasteiger partial charge in [0.25, 0.3) is 0 Å². The molecular formula is C16H34N4O2. The van der Waals surface area contributed by atoms with Crippen LogP contribution in [0.3, 0.4) is 0 Å².